The summed E-state index contributed by atoms with van der Waals surface area (Å²) in [5.74, 6) is 0. The Morgan fingerprint density at radius 3 is 2.55 bits per heavy atom. The van der Waals surface area contributed by atoms with E-state index in [1.807, 2.05) is 0 Å². The van der Waals surface area contributed by atoms with E-state index in [0.717, 1.165) is 23.9 Å². The van der Waals surface area contributed by atoms with E-state index in [1.165, 1.54) is 6.20 Å². The quantitative estimate of drug-likeness (QED) is 0.796. The Hall–Kier alpha value is -2.14. The SMILES string of the molecule is Cc1ccnc(Sc2nc(C(F)(F)F)ccc2C#N)n1. The van der Waals surface area contributed by atoms with Gasteiger partial charge in [0.15, 0.2) is 5.16 Å². The Kier molecular flexibility index (Phi) is 3.90. The maximum atomic E-state index is 12.6. The van der Waals surface area contributed by atoms with Gasteiger partial charge in [0, 0.05) is 11.9 Å². The van der Waals surface area contributed by atoms with Crippen LogP contribution in [0.2, 0.25) is 0 Å². The molecule has 0 atom stereocenters. The average molecular weight is 296 g/mol. The number of alkyl halides is 3. The molecule has 20 heavy (non-hydrogen) atoms. The van der Waals surface area contributed by atoms with E-state index in [-0.39, 0.29) is 15.7 Å². The maximum Gasteiger partial charge on any atom is 0.433 e. The maximum absolute atomic E-state index is 12.6. The van der Waals surface area contributed by atoms with Crippen molar-refractivity contribution in [2.75, 3.05) is 0 Å². The third-order valence-electron chi connectivity index (χ3n) is 2.23. The van der Waals surface area contributed by atoms with Crippen LogP contribution in [0.3, 0.4) is 0 Å². The molecule has 0 aliphatic carbocycles. The van der Waals surface area contributed by atoms with Crippen molar-refractivity contribution in [3.63, 3.8) is 0 Å². The fourth-order valence-electron chi connectivity index (χ4n) is 1.32. The minimum absolute atomic E-state index is 0.0492. The first-order chi connectivity index (χ1) is 9.40. The second kappa shape index (κ2) is 5.46. The van der Waals surface area contributed by atoms with Crippen LogP contribution in [-0.4, -0.2) is 15.0 Å². The topological polar surface area (TPSA) is 62.5 Å². The Balaban J connectivity index is 2.42. The summed E-state index contributed by atoms with van der Waals surface area (Å²) in [6, 6.07) is 5.33. The molecule has 0 radical (unpaired) electrons. The number of hydrogen-bond acceptors (Lipinski definition) is 5. The van der Waals surface area contributed by atoms with E-state index >= 15 is 0 Å². The lowest BCUT2D eigenvalue weighted by molar-refractivity contribution is -0.141. The van der Waals surface area contributed by atoms with E-state index < -0.39 is 11.9 Å². The number of aryl methyl sites for hydroxylation is 1. The van der Waals surface area contributed by atoms with Crippen molar-refractivity contribution in [1.82, 2.24) is 15.0 Å². The number of hydrogen-bond donors (Lipinski definition) is 0. The van der Waals surface area contributed by atoms with Gasteiger partial charge in [-0.2, -0.15) is 18.4 Å². The monoisotopic (exact) mass is 296 g/mol. The summed E-state index contributed by atoms with van der Waals surface area (Å²) < 4.78 is 37.9. The first kappa shape index (κ1) is 14.3. The minimum atomic E-state index is -4.56. The Morgan fingerprint density at radius 1 is 1.20 bits per heavy atom. The third kappa shape index (κ3) is 3.24. The zero-order chi connectivity index (χ0) is 14.8. The fourth-order valence-corrected chi connectivity index (χ4v) is 2.17. The van der Waals surface area contributed by atoms with Crippen LogP contribution in [0.4, 0.5) is 13.2 Å². The molecule has 102 valence electrons. The molecule has 2 aromatic heterocycles. The second-order valence-corrected chi connectivity index (χ2v) is 4.70. The summed E-state index contributed by atoms with van der Waals surface area (Å²) in [7, 11) is 0. The van der Waals surface area contributed by atoms with Gasteiger partial charge in [-0.15, -0.1) is 0 Å². The van der Waals surface area contributed by atoms with E-state index in [2.05, 4.69) is 15.0 Å². The summed E-state index contributed by atoms with van der Waals surface area (Å²) in [6.07, 6.45) is -3.07. The van der Waals surface area contributed by atoms with Gasteiger partial charge in [0.2, 0.25) is 0 Å². The molecule has 0 aliphatic heterocycles. The highest BCUT2D eigenvalue weighted by Gasteiger charge is 2.33. The predicted octanol–water partition coefficient (Wildman–Crippen LogP) is 3.22. The first-order valence-electron chi connectivity index (χ1n) is 5.36. The van der Waals surface area contributed by atoms with Crippen LogP contribution in [0.25, 0.3) is 0 Å². The lowest BCUT2D eigenvalue weighted by Gasteiger charge is -2.08. The number of aromatic nitrogens is 3. The average Bonchev–Trinajstić information content (AvgIpc) is 2.37. The molecular weight excluding hydrogens is 289 g/mol. The van der Waals surface area contributed by atoms with Crippen molar-refractivity contribution < 1.29 is 13.2 Å². The van der Waals surface area contributed by atoms with Crippen LogP contribution < -0.4 is 0 Å². The van der Waals surface area contributed by atoms with E-state index in [0.29, 0.717) is 5.69 Å². The van der Waals surface area contributed by atoms with Crippen molar-refractivity contribution in [2.45, 2.75) is 23.3 Å². The van der Waals surface area contributed by atoms with Gasteiger partial charge in [0.05, 0.1) is 5.56 Å². The smallest absolute Gasteiger partial charge is 0.235 e. The van der Waals surface area contributed by atoms with Crippen molar-refractivity contribution in [2.24, 2.45) is 0 Å². The lowest BCUT2D eigenvalue weighted by Crippen LogP contribution is -2.09. The summed E-state index contributed by atoms with van der Waals surface area (Å²) in [5, 5.41) is 9.10. The number of nitrogens with zero attached hydrogens (tertiary/aromatic N) is 4. The molecule has 2 rings (SSSR count). The number of pyridine rings is 1. The first-order valence-corrected chi connectivity index (χ1v) is 6.17. The van der Waals surface area contributed by atoms with E-state index in [1.54, 1.807) is 19.1 Å². The molecule has 0 saturated heterocycles. The van der Waals surface area contributed by atoms with Crippen molar-refractivity contribution in [3.8, 4) is 6.07 Å². The Morgan fingerprint density at radius 2 is 1.95 bits per heavy atom. The largest absolute Gasteiger partial charge is 0.433 e. The van der Waals surface area contributed by atoms with Gasteiger partial charge in [-0.05, 0) is 36.9 Å². The van der Waals surface area contributed by atoms with Gasteiger partial charge in [-0.25, -0.2) is 15.0 Å². The normalized spacial score (nSPS) is 11.2. The standard InChI is InChI=1S/C12H7F3N4S/c1-7-4-5-17-11(18-7)20-10-8(6-16)2-3-9(19-10)12(13,14)15/h2-5H,1H3. The van der Waals surface area contributed by atoms with Gasteiger partial charge in [0.1, 0.15) is 16.8 Å². The molecule has 8 heteroatoms. The van der Waals surface area contributed by atoms with Gasteiger partial charge in [0.25, 0.3) is 0 Å². The van der Waals surface area contributed by atoms with Crippen molar-refractivity contribution >= 4 is 11.8 Å². The minimum Gasteiger partial charge on any atom is -0.235 e. The van der Waals surface area contributed by atoms with Crippen molar-refractivity contribution in [3.05, 3.63) is 41.3 Å². The number of rotatable bonds is 2. The highest BCUT2D eigenvalue weighted by atomic mass is 32.2. The van der Waals surface area contributed by atoms with Crippen LogP contribution in [0, 0.1) is 18.3 Å². The molecule has 0 spiro atoms. The molecule has 0 bridgehead atoms. The predicted molar refractivity (Wildman–Crippen MR) is 64.8 cm³/mol. The van der Waals surface area contributed by atoms with E-state index in [9.17, 15) is 13.2 Å². The van der Waals surface area contributed by atoms with Crippen molar-refractivity contribution in [1.29, 1.82) is 5.26 Å². The highest BCUT2D eigenvalue weighted by Crippen LogP contribution is 2.32. The summed E-state index contributed by atoms with van der Waals surface area (Å²) in [4.78, 5) is 11.5. The molecule has 0 N–H and O–H groups in total. The molecule has 0 unspecified atom stereocenters. The number of halogens is 3. The molecule has 0 aliphatic rings. The van der Waals surface area contributed by atoms with Gasteiger partial charge in [-0.1, -0.05) is 0 Å². The van der Waals surface area contributed by atoms with Crippen LogP contribution >= 0.6 is 11.8 Å². The summed E-state index contributed by atoms with van der Waals surface area (Å²) in [6.45, 7) is 1.73. The Bertz CT molecular complexity index is 679. The summed E-state index contributed by atoms with van der Waals surface area (Å²) in [5.41, 5.74) is -0.326. The molecular formula is C12H7F3N4S. The highest BCUT2D eigenvalue weighted by molar-refractivity contribution is 7.99. The van der Waals surface area contributed by atoms with Gasteiger partial charge < -0.3 is 0 Å². The third-order valence-corrected chi connectivity index (χ3v) is 3.12. The van der Waals surface area contributed by atoms with Gasteiger partial charge in [-0.3, -0.25) is 0 Å². The zero-order valence-electron chi connectivity index (χ0n) is 10.1. The molecule has 0 amide bonds. The summed E-state index contributed by atoms with van der Waals surface area (Å²) >= 11 is 0.827. The molecule has 4 nitrogen and oxygen atoms in total. The second-order valence-electron chi connectivity index (χ2n) is 3.74. The van der Waals surface area contributed by atoms with Crippen LogP contribution in [-0.2, 0) is 6.18 Å². The van der Waals surface area contributed by atoms with Crippen LogP contribution in [0.5, 0.6) is 0 Å². The Labute approximate surface area is 116 Å². The van der Waals surface area contributed by atoms with Crippen LogP contribution in [0.1, 0.15) is 17.0 Å². The molecule has 2 heterocycles. The number of nitriles is 1. The molecule has 2 aromatic rings. The van der Waals surface area contributed by atoms with E-state index in [4.69, 9.17) is 5.26 Å². The molecule has 0 saturated carbocycles. The molecule has 0 fully saturated rings. The lowest BCUT2D eigenvalue weighted by atomic mass is 10.2. The fraction of sp³-hybridized carbons (Fsp3) is 0.167. The molecule has 0 aromatic carbocycles. The van der Waals surface area contributed by atoms with Gasteiger partial charge >= 0.3 is 6.18 Å². The van der Waals surface area contributed by atoms with Crippen LogP contribution in [0.15, 0.2) is 34.6 Å². The zero-order valence-corrected chi connectivity index (χ0v) is 11.0.